The van der Waals surface area contributed by atoms with Crippen LogP contribution >= 0.6 is 0 Å². The lowest BCUT2D eigenvalue weighted by Crippen LogP contribution is -2.12. The Labute approximate surface area is 174 Å². The second-order valence-electron chi connectivity index (χ2n) is 7.47. The number of benzene rings is 3. The third-order valence-corrected chi connectivity index (χ3v) is 5.47. The molecule has 5 aromatic rings. The summed E-state index contributed by atoms with van der Waals surface area (Å²) in [5.41, 5.74) is 6.95. The Morgan fingerprint density at radius 3 is 2.50 bits per heavy atom. The van der Waals surface area contributed by atoms with Crippen LogP contribution in [-0.4, -0.2) is 10.9 Å². The number of pyridine rings is 1. The van der Waals surface area contributed by atoms with Gasteiger partial charge in [0.1, 0.15) is 11.2 Å². The van der Waals surface area contributed by atoms with Crippen LogP contribution in [0.1, 0.15) is 21.5 Å². The van der Waals surface area contributed by atoms with E-state index in [1.165, 1.54) is 5.56 Å². The highest BCUT2D eigenvalue weighted by molar-refractivity contribution is 6.09. The number of carbonyl (C=O) groups excluding carboxylic acids is 1. The minimum atomic E-state index is -0.181. The molecule has 146 valence electrons. The Morgan fingerprint density at radius 1 is 0.867 bits per heavy atom. The summed E-state index contributed by atoms with van der Waals surface area (Å²) in [6.07, 6.45) is 1.60. The normalized spacial score (nSPS) is 11.1. The zero-order chi connectivity index (χ0) is 20.7. The average Bonchev–Trinajstić information content (AvgIpc) is 3.15. The van der Waals surface area contributed by atoms with E-state index >= 15 is 0 Å². The number of amides is 1. The molecule has 0 aliphatic rings. The highest BCUT2D eigenvalue weighted by Crippen LogP contribution is 2.34. The fourth-order valence-corrected chi connectivity index (χ4v) is 3.66. The molecular weight excluding hydrogens is 372 g/mol. The van der Waals surface area contributed by atoms with Gasteiger partial charge in [0.15, 0.2) is 0 Å². The summed E-state index contributed by atoms with van der Waals surface area (Å²) >= 11 is 0. The van der Waals surface area contributed by atoms with Crippen molar-refractivity contribution < 1.29 is 9.21 Å². The maximum atomic E-state index is 12.6. The van der Waals surface area contributed by atoms with Gasteiger partial charge in [0.05, 0.1) is 11.3 Å². The van der Waals surface area contributed by atoms with Crippen molar-refractivity contribution >= 4 is 33.5 Å². The Kier molecular flexibility index (Phi) is 4.32. The van der Waals surface area contributed by atoms with Gasteiger partial charge in [0, 0.05) is 28.2 Å². The van der Waals surface area contributed by atoms with Gasteiger partial charge < -0.3 is 9.73 Å². The number of furan rings is 1. The quantitative estimate of drug-likeness (QED) is 0.380. The van der Waals surface area contributed by atoms with Gasteiger partial charge in [-0.3, -0.25) is 9.78 Å². The predicted octanol–water partition coefficient (Wildman–Crippen LogP) is 6.52. The van der Waals surface area contributed by atoms with Gasteiger partial charge >= 0.3 is 0 Å². The van der Waals surface area contributed by atoms with Crippen LogP contribution in [0.2, 0.25) is 0 Å². The first-order valence-electron chi connectivity index (χ1n) is 9.85. The van der Waals surface area contributed by atoms with E-state index in [-0.39, 0.29) is 5.91 Å². The summed E-state index contributed by atoms with van der Waals surface area (Å²) in [4.78, 5) is 17.2. The molecule has 0 aliphatic carbocycles. The number of nitrogens with one attached hydrogen (secondary N) is 1. The van der Waals surface area contributed by atoms with Crippen molar-refractivity contribution in [1.82, 2.24) is 4.98 Å². The number of aromatic nitrogens is 1. The Bertz CT molecular complexity index is 1400. The maximum Gasteiger partial charge on any atom is 0.257 e. The van der Waals surface area contributed by atoms with E-state index in [1.54, 1.807) is 12.3 Å². The van der Waals surface area contributed by atoms with E-state index < -0.39 is 0 Å². The third-order valence-electron chi connectivity index (χ3n) is 5.47. The number of para-hydroxylation sites is 2. The zero-order valence-corrected chi connectivity index (χ0v) is 16.8. The summed E-state index contributed by atoms with van der Waals surface area (Å²) in [7, 11) is 0. The van der Waals surface area contributed by atoms with Crippen molar-refractivity contribution in [2.75, 3.05) is 5.32 Å². The average molecular weight is 392 g/mol. The van der Waals surface area contributed by atoms with Crippen LogP contribution in [0, 0.1) is 13.8 Å². The van der Waals surface area contributed by atoms with E-state index in [0.717, 1.165) is 44.4 Å². The van der Waals surface area contributed by atoms with Crippen molar-refractivity contribution in [1.29, 1.82) is 0 Å². The summed E-state index contributed by atoms with van der Waals surface area (Å²) in [5, 5.41) is 5.07. The molecular formula is C26H20N2O2. The number of fused-ring (bicyclic) bond motifs is 3. The SMILES string of the molecule is Cc1ccc(NC(=O)c2ccc(-c3cccc4c3oc3ccccc34)nc2)cc1C. The zero-order valence-electron chi connectivity index (χ0n) is 16.8. The fourth-order valence-electron chi connectivity index (χ4n) is 3.66. The van der Waals surface area contributed by atoms with Crippen molar-refractivity contribution in [3.63, 3.8) is 0 Å². The lowest BCUT2D eigenvalue weighted by molar-refractivity contribution is 0.102. The molecule has 0 bridgehead atoms. The molecule has 0 fully saturated rings. The van der Waals surface area contributed by atoms with Gasteiger partial charge in [0.2, 0.25) is 0 Å². The van der Waals surface area contributed by atoms with E-state index in [1.807, 2.05) is 68.4 Å². The predicted molar refractivity (Wildman–Crippen MR) is 121 cm³/mol. The fraction of sp³-hybridized carbons (Fsp3) is 0.0769. The van der Waals surface area contributed by atoms with Gasteiger partial charge in [-0.05, 0) is 61.4 Å². The number of aryl methyl sites for hydroxylation is 2. The molecule has 2 aromatic heterocycles. The first-order valence-corrected chi connectivity index (χ1v) is 9.85. The van der Waals surface area contributed by atoms with E-state index in [2.05, 4.69) is 22.4 Å². The Balaban J connectivity index is 1.46. The van der Waals surface area contributed by atoms with Crippen LogP contribution in [0.25, 0.3) is 33.2 Å². The Morgan fingerprint density at radius 2 is 1.70 bits per heavy atom. The lowest BCUT2D eigenvalue weighted by atomic mass is 10.1. The largest absolute Gasteiger partial charge is 0.455 e. The molecule has 0 unspecified atom stereocenters. The van der Waals surface area contributed by atoms with Crippen molar-refractivity contribution in [3.05, 3.63) is 95.7 Å². The number of anilines is 1. The number of hydrogen-bond acceptors (Lipinski definition) is 3. The van der Waals surface area contributed by atoms with E-state index in [0.29, 0.717) is 5.56 Å². The topological polar surface area (TPSA) is 55.1 Å². The van der Waals surface area contributed by atoms with Gasteiger partial charge in [-0.15, -0.1) is 0 Å². The molecule has 0 aliphatic heterocycles. The van der Waals surface area contributed by atoms with Gasteiger partial charge in [-0.1, -0.05) is 36.4 Å². The van der Waals surface area contributed by atoms with Crippen LogP contribution in [0.4, 0.5) is 5.69 Å². The molecule has 1 N–H and O–H groups in total. The second kappa shape index (κ2) is 7.16. The molecule has 0 radical (unpaired) electrons. The Hall–Kier alpha value is -3.92. The van der Waals surface area contributed by atoms with Crippen molar-refractivity contribution in [3.8, 4) is 11.3 Å². The number of hydrogen-bond donors (Lipinski definition) is 1. The highest BCUT2D eigenvalue weighted by Gasteiger charge is 2.13. The molecule has 30 heavy (non-hydrogen) atoms. The van der Waals surface area contributed by atoms with E-state index in [4.69, 9.17) is 4.42 Å². The first-order chi connectivity index (χ1) is 14.6. The van der Waals surface area contributed by atoms with E-state index in [9.17, 15) is 4.79 Å². The van der Waals surface area contributed by atoms with Crippen LogP contribution in [0.5, 0.6) is 0 Å². The molecule has 4 heteroatoms. The number of rotatable bonds is 3. The monoisotopic (exact) mass is 392 g/mol. The maximum absolute atomic E-state index is 12.6. The van der Waals surface area contributed by atoms with Gasteiger partial charge in [-0.25, -0.2) is 0 Å². The molecule has 5 rings (SSSR count). The second-order valence-corrected chi connectivity index (χ2v) is 7.47. The lowest BCUT2D eigenvalue weighted by Gasteiger charge is -2.08. The molecule has 4 nitrogen and oxygen atoms in total. The molecule has 0 saturated heterocycles. The minimum Gasteiger partial charge on any atom is -0.455 e. The minimum absolute atomic E-state index is 0.181. The van der Waals surface area contributed by atoms with Crippen LogP contribution in [0.15, 0.2) is 83.4 Å². The first kappa shape index (κ1) is 18.1. The van der Waals surface area contributed by atoms with Crippen LogP contribution < -0.4 is 5.32 Å². The summed E-state index contributed by atoms with van der Waals surface area (Å²) in [6.45, 7) is 4.08. The number of carbonyl (C=O) groups is 1. The molecule has 1 amide bonds. The van der Waals surface area contributed by atoms with Gasteiger partial charge in [0.25, 0.3) is 5.91 Å². The van der Waals surface area contributed by atoms with Gasteiger partial charge in [-0.2, -0.15) is 0 Å². The summed E-state index contributed by atoms with van der Waals surface area (Å²) < 4.78 is 6.10. The third kappa shape index (κ3) is 3.12. The highest BCUT2D eigenvalue weighted by atomic mass is 16.3. The molecule has 3 aromatic carbocycles. The van der Waals surface area contributed by atoms with Crippen LogP contribution in [0.3, 0.4) is 0 Å². The molecule has 2 heterocycles. The summed E-state index contributed by atoms with van der Waals surface area (Å²) in [6, 6.07) is 23.6. The number of nitrogens with zero attached hydrogens (tertiary/aromatic N) is 1. The molecule has 0 spiro atoms. The standard InChI is InChI=1S/C26H20N2O2/c1-16-10-12-19(14-17(16)2)28-26(29)18-11-13-23(27-15-18)22-8-5-7-21-20-6-3-4-9-24(20)30-25(21)22/h3-15H,1-2H3,(H,28,29). The summed E-state index contributed by atoms with van der Waals surface area (Å²) in [5.74, 6) is -0.181. The van der Waals surface area contributed by atoms with Crippen molar-refractivity contribution in [2.24, 2.45) is 0 Å². The molecule has 0 atom stereocenters. The smallest absolute Gasteiger partial charge is 0.257 e. The van der Waals surface area contributed by atoms with Crippen molar-refractivity contribution in [2.45, 2.75) is 13.8 Å². The van der Waals surface area contributed by atoms with Crippen LogP contribution in [-0.2, 0) is 0 Å². The molecule has 0 saturated carbocycles.